The lowest BCUT2D eigenvalue weighted by atomic mass is 10.0. The van der Waals surface area contributed by atoms with Gasteiger partial charge in [-0.2, -0.15) is 0 Å². The average Bonchev–Trinajstić information content (AvgIpc) is 3.07. The minimum atomic E-state index is -0.0324. The van der Waals surface area contributed by atoms with Gasteiger partial charge in [-0.3, -0.25) is 4.79 Å². The number of hydrogen-bond donors (Lipinski definition) is 2. The third-order valence-electron chi connectivity index (χ3n) is 4.28. The van der Waals surface area contributed by atoms with Crippen molar-refractivity contribution in [1.29, 1.82) is 0 Å². The van der Waals surface area contributed by atoms with Crippen LogP contribution >= 0.6 is 0 Å². The van der Waals surface area contributed by atoms with Crippen LogP contribution in [0.5, 0.6) is 11.5 Å². The van der Waals surface area contributed by atoms with Crippen LogP contribution in [0, 0.1) is 6.92 Å². The Morgan fingerprint density at radius 2 is 1.92 bits per heavy atom. The number of aromatic amines is 1. The Hall–Kier alpha value is -2.47. The van der Waals surface area contributed by atoms with Crippen molar-refractivity contribution < 1.29 is 14.3 Å². The van der Waals surface area contributed by atoms with Crippen molar-refractivity contribution in [3.8, 4) is 11.5 Å². The van der Waals surface area contributed by atoms with E-state index in [4.69, 9.17) is 9.47 Å². The van der Waals surface area contributed by atoms with Gasteiger partial charge in [0.1, 0.15) is 5.69 Å². The molecule has 6 heteroatoms. The molecular weight excluding hydrogens is 318 g/mol. The Morgan fingerprint density at radius 3 is 2.52 bits per heavy atom. The van der Waals surface area contributed by atoms with E-state index in [0.717, 1.165) is 28.3 Å². The lowest BCUT2D eigenvalue weighted by Gasteiger charge is -2.19. The molecule has 1 aromatic carbocycles. The van der Waals surface area contributed by atoms with Crippen LogP contribution in [-0.4, -0.2) is 44.1 Å². The second-order valence-electron chi connectivity index (χ2n) is 6.21. The number of nitrogens with zero attached hydrogens (tertiary/aromatic N) is 1. The third kappa shape index (κ3) is 4.14. The normalized spacial score (nSPS) is 11.9. The summed E-state index contributed by atoms with van der Waals surface area (Å²) in [5.74, 6) is 1.45. The van der Waals surface area contributed by atoms with Crippen molar-refractivity contribution in [2.24, 2.45) is 0 Å². The van der Waals surface area contributed by atoms with Gasteiger partial charge in [-0.15, -0.1) is 0 Å². The standard InChI is InChI=1S/C19H27N3O3/c1-12-15(8-10-17(24-5)18(12)25-6)13(2)20-11-14-7-9-16(21-14)19(23)22(3)4/h7-10,13,20-21H,11H2,1-6H3. The van der Waals surface area contributed by atoms with Gasteiger partial charge in [-0.1, -0.05) is 6.07 Å². The molecule has 0 bridgehead atoms. The number of ether oxygens (including phenoxy) is 2. The van der Waals surface area contributed by atoms with Crippen molar-refractivity contribution in [3.05, 3.63) is 46.8 Å². The van der Waals surface area contributed by atoms with E-state index >= 15 is 0 Å². The van der Waals surface area contributed by atoms with Gasteiger partial charge in [-0.05, 0) is 43.2 Å². The molecule has 1 amide bonds. The molecule has 1 aromatic heterocycles. The quantitative estimate of drug-likeness (QED) is 0.810. The summed E-state index contributed by atoms with van der Waals surface area (Å²) in [6, 6.07) is 7.83. The summed E-state index contributed by atoms with van der Waals surface area (Å²) in [5.41, 5.74) is 3.76. The smallest absolute Gasteiger partial charge is 0.269 e. The van der Waals surface area contributed by atoms with Crippen LogP contribution < -0.4 is 14.8 Å². The van der Waals surface area contributed by atoms with Crippen LogP contribution in [0.15, 0.2) is 24.3 Å². The Balaban J connectivity index is 2.08. The Morgan fingerprint density at radius 1 is 1.20 bits per heavy atom. The number of amides is 1. The van der Waals surface area contributed by atoms with E-state index in [1.165, 1.54) is 0 Å². The first-order valence-electron chi connectivity index (χ1n) is 8.23. The van der Waals surface area contributed by atoms with Crippen molar-refractivity contribution in [2.45, 2.75) is 26.4 Å². The fraction of sp³-hybridized carbons (Fsp3) is 0.421. The number of rotatable bonds is 7. The molecule has 1 atom stereocenters. The fourth-order valence-corrected chi connectivity index (χ4v) is 2.85. The summed E-state index contributed by atoms with van der Waals surface area (Å²) >= 11 is 0. The zero-order valence-electron chi connectivity index (χ0n) is 15.8. The highest BCUT2D eigenvalue weighted by molar-refractivity contribution is 5.92. The molecule has 2 rings (SSSR count). The molecule has 2 N–H and O–H groups in total. The minimum absolute atomic E-state index is 0.0324. The SMILES string of the molecule is COc1ccc(C(C)NCc2ccc(C(=O)N(C)C)[nH]2)c(C)c1OC. The van der Waals surface area contributed by atoms with Crippen molar-refractivity contribution in [1.82, 2.24) is 15.2 Å². The molecule has 0 spiro atoms. The van der Waals surface area contributed by atoms with Crippen LogP contribution in [0.1, 0.15) is 40.3 Å². The first-order valence-corrected chi connectivity index (χ1v) is 8.23. The Labute approximate surface area is 149 Å². The molecule has 0 saturated heterocycles. The minimum Gasteiger partial charge on any atom is -0.493 e. The maximum atomic E-state index is 11.9. The summed E-state index contributed by atoms with van der Waals surface area (Å²) in [6.07, 6.45) is 0. The number of carbonyl (C=O) groups excluding carboxylic acids is 1. The van der Waals surface area contributed by atoms with Gasteiger partial charge in [0.05, 0.1) is 14.2 Å². The monoisotopic (exact) mass is 345 g/mol. The highest BCUT2D eigenvalue weighted by Gasteiger charge is 2.16. The van der Waals surface area contributed by atoms with Gasteiger partial charge in [-0.25, -0.2) is 0 Å². The predicted octanol–water partition coefficient (Wildman–Crippen LogP) is 2.89. The van der Waals surface area contributed by atoms with Crippen LogP contribution in [0.2, 0.25) is 0 Å². The summed E-state index contributed by atoms with van der Waals surface area (Å²) in [7, 11) is 6.76. The summed E-state index contributed by atoms with van der Waals surface area (Å²) in [6.45, 7) is 4.76. The van der Waals surface area contributed by atoms with Crippen LogP contribution in [0.3, 0.4) is 0 Å². The van der Waals surface area contributed by atoms with E-state index in [9.17, 15) is 4.79 Å². The third-order valence-corrected chi connectivity index (χ3v) is 4.28. The number of hydrogen-bond acceptors (Lipinski definition) is 4. The zero-order valence-corrected chi connectivity index (χ0v) is 15.8. The topological polar surface area (TPSA) is 66.6 Å². The van der Waals surface area contributed by atoms with E-state index in [1.54, 1.807) is 33.2 Å². The Bertz CT molecular complexity index is 738. The number of carbonyl (C=O) groups is 1. The molecule has 6 nitrogen and oxygen atoms in total. The molecule has 2 aromatic rings. The number of aromatic nitrogens is 1. The summed E-state index contributed by atoms with van der Waals surface area (Å²) < 4.78 is 10.8. The maximum absolute atomic E-state index is 11.9. The van der Waals surface area contributed by atoms with Gasteiger partial charge in [0.15, 0.2) is 11.5 Å². The largest absolute Gasteiger partial charge is 0.493 e. The molecular formula is C19H27N3O3. The highest BCUT2D eigenvalue weighted by atomic mass is 16.5. The molecule has 0 aliphatic rings. The maximum Gasteiger partial charge on any atom is 0.269 e. The van der Waals surface area contributed by atoms with Crippen molar-refractivity contribution in [3.63, 3.8) is 0 Å². The number of nitrogens with one attached hydrogen (secondary N) is 2. The van der Waals surface area contributed by atoms with Gasteiger partial charge in [0, 0.05) is 32.4 Å². The van der Waals surface area contributed by atoms with Crippen LogP contribution in [-0.2, 0) is 6.54 Å². The zero-order chi connectivity index (χ0) is 18.6. The van der Waals surface area contributed by atoms with E-state index in [0.29, 0.717) is 12.2 Å². The van der Waals surface area contributed by atoms with Crippen LogP contribution in [0.4, 0.5) is 0 Å². The van der Waals surface area contributed by atoms with E-state index in [1.807, 2.05) is 31.2 Å². The first kappa shape index (κ1) is 18.9. The van der Waals surface area contributed by atoms with E-state index in [2.05, 4.69) is 17.2 Å². The molecule has 0 radical (unpaired) electrons. The summed E-state index contributed by atoms with van der Waals surface area (Å²) in [4.78, 5) is 16.7. The fourth-order valence-electron chi connectivity index (χ4n) is 2.85. The second-order valence-corrected chi connectivity index (χ2v) is 6.21. The van der Waals surface area contributed by atoms with Crippen molar-refractivity contribution >= 4 is 5.91 Å². The number of methoxy groups -OCH3 is 2. The van der Waals surface area contributed by atoms with E-state index < -0.39 is 0 Å². The molecule has 1 unspecified atom stereocenters. The van der Waals surface area contributed by atoms with Gasteiger partial charge >= 0.3 is 0 Å². The van der Waals surface area contributed by atoms with Gasteiger partial charge in [0.25, 0.3) is 5.91 Å². The summed E-state index contributed by atoms with van der Waals surface area (Å²) in [5, 5.41) is 3.47. The molecule has 1 heterocycles. The molecule has 0 aliphatic carbocycles. The number of H-pyrrole nitrogens is 1. The molecule has 0 saturated carbocycles. The first-order chi connectivity index (χ1) is 11.9. The van der Waals surface area contributed by atoms with Crippen LogP contribution in [0.25, 0.3) is 0 Å². The molecule has 0 aliphatic heterocycles. The van der Waals surface area contributed by atoms with Crippen molar-refractivity contribution in [2.75, 3.05) is 28.3 Å². The number of benzene rings is 1. The van der Waals surface area contributed by atoms with Gasteiger partial charge in [0.2, 0.25) is 0 Å². The lowest BCUT2D eigenvalue weighted by Crippen LogP contribution is -2.22. The molecule has 136 valence electrons. The van der Waals surface area contributed by atoms with E-state index in [-0.39, 0.29) is 11.9 Å². The second kappa shape index (κ2) is 8.07. The Kier molecular flexibility index (Phi) is 6.09. The predicted molar refractivity (Wildman–Crippen MR) is 98.3 cm³/mol. The highest BCUT2D eigenvalue weighted by Crippen LogP contribution is 2.35. The lowest BCUT2D eigenvalue weighted by molar-refractivity contribution is 0.0822. The van der Waals surface area contributed by atoms with Gasteiger partial charge < -0.3 is 24.7 Å². The molecule has 25 heavy (non-hydrogen) atoms. The average molecular weight is 345 g/mol. The molecule has 0 fully saturated rings.